The molecule has 0 bridgehead atoms. The Kier molecular flexibility index (Phi) is 3.41. The molecule has 2 N–H and O–H groups in total. The molecule has 2 unspecified atom stereocenters. The maximum absolute atomic E-state index is 9.53. The van der Waals surface area contributed by atoms with Crippen LogP contribution in [0.1, 0.15) is 18.9 Å². The van der Waals surface area contributed by atoms with Crippen LogP contribution in [0.3, 0.4) is 0 Å². The van der Waals surface area contributed by atoms with Gasteiger partial charge in [0.25, 0.3) is 0 Å². The van der Waals surface area contributed by atoms with Gasteiger partial charge in [-0.15, -0.1) is 0 Å². The molecule has 1 aliphatic rings. The van der Waals surface area contributed by atoms with Crippen LogP contribution in [0.2, 0.25) is 0 Å². The standard InChI is InChI=1S/C12H18N2O2/c1-9(16)11-3-5-14(7-11)12-6-10(8-15)2-4-13-12/h2,4,6,9,11,15-16H,3,5,7-8H2,1H3. The number of aliphatic hydroxyl groups is 2. The fraction of sp³-hybridized carbons (Fsp3) is 0.583. The molecule has 0 aromatic carbocycles. The van der Waals surface area contributed by atoms with Gasteiger partial charge in [-0.25, -0.2) is 4.98 Å². The van der Waals surface area contributed by atoms with Crippen LogP contribution in [0.15, 0.2) is 18.3 Å². The Hall–Kier alpha value is -1.13. The van der Waals surface area contributed by atoms with Crippen molar-refractivity contribution < 1.29 is 10.2 Å². The maximum atomic E-state index is 9.53. The van der Waals surface area contributed by atoms with E-state index in [-0.39, 0.29) is 12.7 Å². The van der Waals surface area contributed by atoms with E-state index in [1.54, 1.807) is 6.20 Å². The monoisotopic (exact) mass is 222 g/mol. The lowest BCUT2D eigenvalue weighted by Gasteiger charge is -2.18. The second-order valence-corrected chi connectivity index (χ2v) is 4.42. The summed E-state index contributed by atoms with van der Waals surface area (Å²) in [5, 5.41) is 18.6. The molecule has 16 heavy (non-hydrogen) atoms. The van der Waals surface area contributed by atoms with E-state index in [2.05, 4.69) is 9.88 Å². The maximum Gasteiger partial charge on any atom is 0.128 e. The molecule has 4 heteroatoms. The van der Waals surface area contributed by atoms with Gasteiger partial charge in [0.1, 0.15) is 5.82 Å². The van der Waals surface area contributed by atoms with E-state index in [0.29, 0.717) is 5.92 Å². The van der Waals surface area contributed by atoms with Crippen molar-refractivity contribution in [3.8, 4) is 0 Å². The van der Waals surface area contributed by atoms with Gasteiger partial charge in [-0.2, -0.15) is 0 Å². The van der Waals surface area contributed by atoms with E-state index in [4.69, 9.17) is 5.11 Å². The molecule has 1 fully saturated rings. The quantitative estimate of drug-likeness (QED) is 0.793. The molecule has 0 saturated carbocycles. The van der Waals surface area contributed by atoms with Crippen molar-refractivity contribution in [1.82, 2.24) is 4.98 Å². The molecule has 1 aromatic heterocycles. The second-order valence-electron chi connectivity index (χ2n) is 4.42. The summed E-state index contributed by atoms with van der Waals surface area (Å²) < 4.78 is 0. The van der Waals surface area contributed by atoms with Gasteiger partial charge >= 0.3 is 0 Å². The van der Waals surface area contributed by atoms with Gasteiger partial charge in [0, 0.05) is 25.2 Å². The van der Waals surface area contributed by atoms with Crippen molar-refractivity contribution in [2.45, 2.75) is 26.1 Å². The van der Waals surface area contributed by atoms with Gasteiger partial charge in [-0.05, 0) is 31.0 Å². The third-order valence-electron chi connectivity index (χ3n) is 3.22. The number of nitrogens with zero attached hydrogens (tertiary/aromatic N) is 2. The number of aliphatic hydroxyl groups excluding tert-OH is 2. The Bertz CT molecular complexity index is 355. The van der Waals surface area contributed by atoms with Crippen LogP contribution >= 0.6 is 0 Å². The van der Waals surface area contributed by atoms with Gasteiger partial charge in [0.2, 0.25) is 0 Å². The molecule has 0 spiro atoms. The van der Waals surface area contributed by atoms with Crippen LogP contribution in [-0.2, 0) is 6.61 Å². The molecule has 1 aromatic rings. The summed E-state index contributed by atoms with van der Waals surface area (Å²) in [4.78, 5) is 6.46. The molecule has 2 heterocycles. The first-order chi connectivity index (χ1) is 7.70. The van der Waals surface area contributed by atoms with E-state index in [0.717, 1.165) is 30.9 Å². The van der Waals surface area contributed by atoms with E-state index in [1.165, 1.54) is 0 Å². The van der Waals surface area contributed by atoms with Crippen molar-refractivity contribution in [2.24, 2.45) is 5.92 Å². The third-order valence-corrected chi connectivity index (χ3v) is 3.22. The number of anilines is 1. The lowest BCUT2D eigenvalue weighted by Crippen LogP contribution is -2.24. The largest absolute Gasteiger partial charge is 0.393 e. The predicted molar refractivity (Wildman–Crippen MR) is 62.2 cm³/mol. The highest BCUT2D eigenvalue weighted by Gasteiger charge is 2.26. The van der Waals surface area contributed by atoms with Crippen LogP contribution in [0, 0.1) is 5.92 Å². The van der Waals surface area contributed by atoms with Gasteiger partial charge in [-0.3, -0.25) is 0 Å². The zero-order valence-electron chi connectivity index (χ0n) is 9.50. The summed E-state index contributed by atoms with van der Waals surface area (Å²) in [7, 11) is 0. The number of hydrogen-bond acceptors (Lipinski definition) is 4. The van der Waals surface area contributed by atoms with E-state index in [9.17, 15) is 5.11 Å². The SMILES string of the molecule is CC(O)C1CCN(c2cc(CO)ccn2)C1. The highest BCUT2D eigenvalue weighted by atomic mass is 16.3. The van der Waals surface area contributed by atoms with Gasteiger partial charge in [0.05, 0.1) is 12.7 Å². The van der Waals surface area contributed by atoms with Crippen LogP contribution in [0.25, 0.3) is 0 Å². The van der Waals surface area contributed by atoms with Crippen molar-refractivity contribution in [1.29, 1.82) is 0 Å². The highest BCUT2D eigenvalue weighted by Crippen LogP contribution is 2.24. The molecule has 1 saturated heterocycles. The van der Waals surface area contributed by atoms with Crippen molar-refractivity contribution in [2.75, 3.05) is 18.0 Å². The summed E-state index contributed by atoms with van der Waals surface area (Å²) in [5.41, 5.74) is 0.880. The minimum Gasteiger partial charge on any atom is -0.393 e. The lowest BCUT2D eigenvalue weighted by molar-refractivity contribution is 0.136. The summed E-state index contributed by atoms with van der Waals surface area (Å²) in [6, 6.07) is 3.72. The number of aromatic nitrogens is 1. The summed E-state index contributed by atoms with van der Waals surface area (Å²) in [6.45, 7) is 3.66. The average molecular weight is 222 g/mol. The van der Waals surface area contributed by atoms with E-state index < -0.39 is 0 Å². The van der Waals surface area contributed by atoms with Crippen LogP contribution in [0.5, 0.6) is 0 Å². The highest BCUT2D eigenvalue weighted by molar-refractivity contribution is 5.42. The molecule has 2 rings (SSSR count). The topological polar surface area (TPSA) is 56.6 Å². The molecule has 0 aliphatic carbocycles. The Balaban J connectivity index is 2.08. The summed E-state index contributed by atoms with van der Waals surface area (Å²) >= 11 is 0. The third kappa shape index (κ3) is 2.33. The first-order valence-electron chi connectivity index (χ1n) is 5.69. The average Bonchev–Trinajstić information content (AvgIpc) is 2.78. The molecule has 1 aliphatic heterocycles. The van der Waals surface area contributed by atoms with E-state index in [1.807, 2.05) is 19.1 Å². The minimum absolute atomic E-state index is 0.0448. The van der Waals surface area contributed by atoms with Gasteiger partial charge in [-0.1, -0.05) is 0 Å². The Morgan fingerprint density at radius 1 is 1.62 bits per heavy atom. The second kappa shape index (κ2) is 4.80. The van der Waals surface area contributed by atoms with Gasteiger partial charge < -0.3 is 15.1 Å². The first kappa shape index (κ1) is 11.4. The number of pyridine rings is 1. The fourth-order valence-electron chi connectivity index (χ4n) is 2.12. The molecule has 88 valence electrons. The number of rotatable bonds is 3. The van der Waals surface area contributed by atoms with Crippen LogP contribution < -0.4 is 4.90 Å². The van der Waals surface area contributed by atoms with Crippen molar-refractivity contribution in [3.05, 3.63) is 23.9 Å². The van der Waals surface area contributed by atoms with Gasteiger partial charge in [0.15, 0.2) is 0 Å². The molecular weight excluding hydrogens is 204 g/mol. The predicted octanol–water partition coefficient (Wildman–Crippen LogP) is 0.781. The summed E-state index contributed by atoms with van der Waals surface area (Å²) in [5.74, 6) is 1.23. The lowest BCUT2D eigenvalue weighted by atomic mass is 10.0. The Morgan fingerprint density at radius 2 is 2.44 bits per heavy atom. The molecule has 2 atom stereocenters. The molecular formula is C12H18N2O2. The molecule has 4 nitrogen and oxygen atoms in total. The zero-order valence-corrected chi connectivity index (χ0v) is 9.50. The first-order valence-corrected chi connectivity index (χ1v) is 5.69. The normalized spacial score (nSPS) is 22.4. The van der Waals surface area contributed by atoms with E-state index >= 15 is 0 Å². The molecule has 0 amide bonds. The van der Waals surface area contributed by atoms with Crippen LogP contribution in [0.4, 0.5) is 5.82 Å². The smallest absolute Gasteiger partial charge is 0.128 e. The van der Waals surface area contributed by atoms with Crippen molar-refractivity contribution >= 4 is 5.82 Å². The Morgan fingerprint density at radius 3 is 3.06 bits per heavy atom. The fourth-order valence-corrected chi connectivity index (χ4v) is 2.12. The van der Waals surface area contributed by atoms with Crippen molar-refractivity contribution in [3.63, 3.8) is 0 Å². The number of hydrogen-bond donors (Lipinski definition) is 2. The Labute approximate surface area is 95.5 Å². The van der Waals surface area contributed by atoms with Crippen LogP contribution in [-0.4, -0.2) is 34.4 Å². The zero-order chi connectivity index (χ0) is 11.5. The molecule has 0 radical (unpaired) electrons. The minimum atomic E-state index is -0.258. The summed E-state index contributed by atoms with van der Waals surface area (Å²) in [6.07, 6.45) is 2.46.